The average Bonchev–Trinajstić information content (AvgIpc) is 2.02. The van der Waals surface area contributed by atoms with Crippen LogP contribution in [0, 0.1) is 5.92 Å². The molecule has 0 spiro atoms. The van der Waals surface area contributed by atoms with Gasteiger partial charge in [-0.1, -0.05) is 13.8 Å². The summed E-state index contributed by atoms with van der Waals surface area (Å²) in [4.78, 5) is 11.3. The number of aryl methyl sites for hydroxylation is 1. The fourth-order valence-electron chi connectivity index (χ4n) is 1.08. The monoisotopic (exact) mass is 181 g/mol. The van der Waals surface area contributed by atoms with E-state index in [1.165, 1.54) is 12.1 Å². The minimum absolute atomic E-state index is 0.0331. The molecule has 0 aliphatic heterocycles. The van der Waals surface area contributed by atoms with Crippen LogP contribution >= 0.6 is 0 Å². The van der Waals surface area contributed by atoms with Gasteiger partial charge < -0.3 is 9.67 Å². The molecule has 72 valence electrons. The fourth-order valence-corrected chi connectivity index (χ4v) is 1.08. The van der Waals surface area contributed by atoms with Gasteiger partial charge >= 0.3 is 0 Å². The summed E-state index contributed by atoms with van der Waals surface area (Å²) >= 11 is 0. The Kier molecular flexibility index (Phi) is 3.12. The lowest BCUT2D eigenvalue weighted by atomic mass is 10.1. The van der Waals surface area contributed by atoms with Crippen molar-refractivity contribution in [3.63, 3.8) is 0 Å². The number of hydrogen-bond acceptors (Lipinski definition) is 2. The largest absolute Gasteiger partial charge is 0.508 e. The van der Waals surface area contributed by atoms with Crippen molar-refractivity contribution >= 4 is 0 Å². The van der Waals surface area contributed by atoms with Crippen molar-refractivity contribution in [1.82, 2.24) is 4.57 Å². The number of aromatic nitrogens is 1. The SMILES string of the molecule is CC(C)CCn1ccc(O)cc1=O. The van der Waals surface area contributed by atoms with E-state index in [1.54, 1.807) is 10.8 Å². The summed E-state index contributed by atoms with van der Waals surface area (Å²) in [6.45, 7) is 4.95. The Bertz CT molecular complexity index is 328. The van der Waals surface area contributed by atoms with E-state index in [2.05, 4.69) is 13.8 Å². The molecule has 1 rings (SSSR count). The Morgan fingerprint density at radius 2 is 2.23 bits per heavy atom. The molecule has 13 heavy (non-hydrogen) atoms. The normalized spacial score (nSPS) is 10.7. The molecule has 0 saturated carbocycles. The predicted octanol–water partition coefficient (Wildman–Crippen LogP) is 1.60. The molecule has 1 N–H and O–H groups in total. The van der Waals surface area contributed by atoms with Crippen molar-refractivity contribution in [3.8, 4) is 5.75 Å². The van der Waals surface area contributed by atoms with Crippen LogP contribution in [0.2, 0.25) is 0 Å². The van der Waals surface area contributed by atoms with Crippen molar-refractivity contribution in [3.05, 3.63) is 28.7 Å². The molecule has 0 aliphatic carbocycles. The van der Waals surface area contributed by atoms with Gasteiger partial charge in [0.25, 0.3) is 5.56 Å². The fraction of sp³-hybridized carbons (Fsp3) is 0.500. The van der Waals surface area contributed by atoms with Gasteiger partial charge in [0.1, 0.15) is 5.75 Å². The van der Waals surface area contributed by atoms with Crippen LogP contribution < -0.4 is 5.56 Å². The predicted molar refractivity (Wildman–Crippen MR) is 51.8 cm³/mol. The Hall–Kier alpha value is -1.25. The molecule has 3 nitrogen and oxygen atoms in total. The van der Waals surface area contributed by atoms with Crippen LogP contribution in [0.4, 0.5) is 0 Å². The topological polar surface area (TPSA) is 42.2 Å². The quantitative estimate of drug-likeness (QED) is 0.769. The van der Waals surface area contributed by atoms with Crippen LogP contribution in [0.25, 0.3) is 0 Å². The van der Waals surface area contributed by atoms with Crippen molar-refractivity contribution in [2.75, 3.05) is 0 Å². The maximum Gasteiger partial charge on any atom is 0.254 e. The van der Waals surface area contributed by atoms with Gasteiger partial charge in [-0.05, 0) is 18.4 Å². The van der Waals surface area contributed by atoms with Crippen LogP contribution in [-0.2, 0) is 6.54 Å². The zero-order valence-corrected chi connectivity index (χ0v) is 8.03. The molecular weight excluding hydrogens is 166 g/mol. The molecule has 0 saturated heterocycles. The number of rotatable bonds is 3. The summed E-state index contributed by atoms with van der Waals surface area (Å²) in [5.74, 6) is 0.617. The first-order valence-corrected chi connectivity index (χ1v) is 4.49. The highest BCUT2D eigenvalue weighted by Crippen LogP contribution is 2.04. The van der Waals surface area contributed by atoms with Gasteiger partial charge in [0.2, 0.25) is 0 Å². The van der Waals surface area contributed by atoms with Crippen molar-refractivity contribution in [1.29, 1.82) is 0 Å². The molecular formula is C10H15NO2. The summed E-state index contributed by atoms with van der Waals surface area (Å²) < 4.78 is 1.61. The van der Waals surface area contributed by atoms with Crippen LogP contribution in [0.15, 0.2) is 23.1 Å². The first-order chi connectivity index (χ1) is 6.09. The summed E-state index contributed by atoms with van der Waals surface area (Å²) in [5, 5.41) is 9.00. The molecule has 1 aromatic heterocycles. The van der Waals surface area contributed by atoms with Gasteiger partial charge in [-0.15, -0.1) is 0 Å². The molecule has 0 atom stereocenters. The first-order valence-electron chi connectivity index (χ1n) is 4.49. The number of aromatic hydroxyl groups is 1. The second-order valence-corrected chi connectivity index (χ2v) is 3.60. The van der Waals surface area contributed by atoms with Crippen LogP contribution in [0.5, 0.6) is 5.75 Å². The highest BCUT2D eigenvalue weighted by Gasteiger charge is 1.98. The molecule has 0 aromatic carbocycles. The van der Waals surface area contributed by atoms with E-state index < -0.39 is 0 Å². The minimum atomic E-state index is -0.138. The van der Waals surface area contributed by atoms with E-state index in [0.29, 0.717) is 5.92 Å². The van der Waals surface area contributed by atoms with Crippen LogP contribution in [0.3, 0.4) is 0 Å². The Balaban J connectivity index is 2.73. The second kappa shape index (κ2) is 4.12. The molecule has 0 amide bonds. The van der Waals surface area contributed by atoms with E-state index in [0.717, 1.165) is 13.0 Å². The molecule has 0 bridgehead atoms. The van der Waals surface area contributed by atoms with Gasteiger partial charge in [0.15, 0.2) is 0 Å². The summed E-state index contributed by atoms with van der Waals surface area (Å²) in [6.07, 6.45) is 2.60. The molecule has 3 heteroatoms. The molecule has 1 aromatic rings. The van der Waals surface area contributed by atoms with E-state index in [9.17, 15) is 4.79 Å². The van der Waals surface area contributed by atoms with E-state index in [4.69, 9.17) is 5.11 Å². The highest BCUT2D eigenvalue weighted by molar-refractivity contribution is 5.15. The number of hydrogen-bond donors (Lipinski definition) is 1. The van der Waals surface area contributed by atoms with E-state index in [-0.39, 0.29) is 11.3 Å². The smallest absolute Gasteiger partial charge is 0.254 e. The highest BCUT2D eigenvalue weighted by atomic mass is 16.3. The standard InChI is InChI=1S/C10H15NO2/c1-8(2)3-5-11-6-4-9(12)7-10(11)13/h4,6-8,12H,3,5H2,1-2H3. The van der Waals surface area contributed by atoms with Gasteiger partial charge in [-0.3, -0.25) is 4.79 Å². The number of pyridine rings is 1. The Labute approximate surface area is 77.6 Å². The van der Waals surface area contributed by atoms with Gasteiger partial charge in [0.05, 0.1) is 0 Å². The second-order valence-electron chi connectivity index (χ2n) is 3.60. The molecule has 0 unspecified atom stereocenters. The summed E-state index contributed by atoms with van der Waals surface area (Å²) in [7, 11) is 0. The molecule has 0 fully saturated rings. The van der Waals surface area contributed by atoms with Crippen molar-refractivity contribution in [2.24, 2.45) is 5.92 Å². The Morgan fingerprint density at radius 3 is 2.77 bits per heavy atom. The zero-order valence-electron chi connectivity index (χ0n) is 8.03. The van der Waals surface area contributed by atoms with Gasteiger partial charge in [0, 0.05) is 18.8 Å². The molecule has 1 heterocycles. The lowest BCUT2D eigenvalue weighted by Gasteiger charge is -2.07. The van der Waals surface area contributed by atoms with Crippen molar-refractivity contribution in [2.45, 2.75) is 26.8 Å². The average molecular weight is 181 g/mol. The maximum atomic E-state index is 11.3. The third kappa shape index (κ3) is 2.93. The third-order valence-electron chi connectivity index (χ3n) is 1.93. The first kappa shape index (κ1) is 9.84. The van der Waals surface area contributed by atoms with Crippen LogP contribution in [0.1, 0.15) is 20.3 Å². The summed E-state index contributed by atoms with van der Waals surface area (Å²) in [6, 6.07) is 2.77. The third-order valence-corrected chi connectivity index (χ3v) is 1.93. The van der Waals surface area contributed by atoms with Crippen molar-refractivity contribution < 1.29 is 5.11 Å². The van der Waals surface area contributed by atoms with E-state index in [1.807, 2.05) is 0 Å². The lowest BCUT2D eigenvalue weighted by Crippen LogP contribution is -2.18. The van der Waals surface area contributed by atoms with E-state index >= 15 is 0 Å². The molecule has 0 radical (unpaired) electrons. The minimum Gasteiger partial charge on any atom is -0.508 e. The lowest BCUT2D eigenvalue weighted by molar-refractivity contribution is 0.465. The Morgan fingerprint density at radius 1 is 1.54 bits per heavy atom. The van der Waals surface area contributed by atoms with Gasteiger partial charge in [-0.2, -0.15) is 0 Å². The number of nitrogens with zero attached hydrogens (tertiary/aromatic N) is 1. The maximum absolute atomic E-state index is 11.3. The van der Waals surface area contributed by atoms with Gasteiger partial charge in [-0.25, -0.2) is 0 Å². The zero-order chi connectivity index (χ0) is 9.84. The summed E-state index contributed by atoms with van der Waals surface area (Å²) in [5.41, 5.74) is -0.138. The molecule has 0 aliphatic rings. The van der Waals surface area contributed by atoms with Crippen LogP contribution in [-0.4, -0.2) is 9.67 Å².